The first kappa shape index (κ1) is 27.0. The minimum atomic E-state index is -3.52. The molecule has 0 bridgehead atoms. The van der Waals surface area contributed by atoms with Crippen molar-refractivity contribution in [2.24, 2.45) is 0 Å². The van der Waals surface area contributed by atoms with Crippen molar-refractivity contribution in [1.29, 1.82) is 0 Å². The Balaban J connectivity index is 2.19. The van der Waals surface area contributed by atoms with Gasteiger partial charge in [0.2, 0.25) is 21.8 Å². The van der Waals surface area contributed by atoms with Gasteiger partial charge in [-0.1, -0.05) is 47.5 Å². The van der Waals surface area contributed by atoms with Crippen LogP contribution in [0.4, 0.5) is 5.69 Å². The average Bonchev–Trinajstić information content (AvgIpc) is 2.76. The van der Waals surface area contributed by atoms with Crippen LogP contribution < -0.4 is 9.62 Å². The van der Waals surface area contributed by atoms with E-state index in [2.05, 4.69) is 5.32 Å². The highest BCUT2D eigenvalue weighted by Gasteiger charge is 2.27. The highest BCUT2D eigenvalue weighted by molar-refractivity contribution is 7.92. The van der Waals surface area contributed by atoms with Gasteiger partial charge < -0.3 is 10.2 Å². The van der Waals surface area contributed by atoms with Crippen molar-refractivity contribution in [3.63, 3.8) is 0 Å². The van der Waals surface area contributed by atoms with Gasteiger partial charge in [0.05, 0.1) is 11.9 Å². The second kappa shape index (κ2) is 12.3. The summed E-state index contributed by atoms with van der Waals surface area (Å²) in [6.45, 7) is 4.05. The van der Waals surface area contributed by atoms with Crippen molar-refractivity contribution >= 4 is 50.7 Å². The van der Waals surface area contributed by atoms with Gasteiger partial charge in [-0.15, -0.1) is 0 Å². The third-order valence-electron chi connectivity index (χ3n) is 5.10. The molecule has 0 heterocycles. The van der Waals surface area contributed by atoms with Crippen molar-refractivity contribution in [1.82, 2.24) is 10.2 Å². The zero-order valence-electron chi connectivity index (χ0n) is 18.9. The summed E-state index contributed by atoms with van der Waals surface area (Å²) in [4.78, 5) is 27.1. The molecule has 0 aliphatic heterocycles. The van der Waals surface area contributed by atoms with Gasteiger partial charge in [-0.05, 0) is 44.5 Å². The van der Waals surface area contributed by atoms with Gasteiger partial charge >= 0.3 is 0 Å². The summed E-state index contributed by atoms with van der Waals surface area (Å²) in [6, 6.07) is 13.0. The molecule has 0 saturated heterocycles. The Kier molecular flexibility index (Phi) is 10.0. The molecule has 0 fully saturated rings. The lowest BCUT2D eigenvalue weighted by molar-refractivity contribution is -0.140. The smallest absolute Gasteiger partial charge is 0.242 e. The van der Waals surface area contributed by atoms with Crippen molar-refractivity contribution in [2.45, 2.75) is 39.3 Å². The topological polar surface area (TPSA) is 86.8 Å². The van der Waals surface area contributed by atoms with Crippen LogP contribution in [0.3, 0.4) is 0 Å². The predicted molar refractivity (Wildman–Crippen MR) is 133 cm³/mol. The van der Waals surface area contributed by atoms with Crippen LogP contribution in [-0.2, 0) is 26.2 Å². The number of carbonyl (C=O) groups is 2. The lowest BCUT2D eigenvalue weighted by Gasteiger charge is -2.30. The molecule has 0 aromatic heterocycles. The Morgan fingerprint density at radius 1 is 1.03 bits per heavy atom. The number of hydrogen-bond acceptors (Lipinski definition) is 4. The summed E-state index contributed by atoms with van der Waals surface area (Å²) < 4.78 is 25.8. The standard InChI is InChI=1S/C23H29Cl2N3O4S/c1-4-26-23(30)17(2)27(16-19-20(24)12-8-13-21(19)25)22(29)14-9-15-28(33(3,31)32)18-10-6-5-7-11-18/h5-8,10-13,17H,4,9,14-16H2,1-3H3,(H,26,30). The van der Waals surface area contributed by atoms with Gasteiger partial charge in [0.1, 0.15) is 6.04 Å². The second-order valence-corrected chi connectivity index (χ2v) is 10.3. The maximum atomic E-state index is 13.2. The molecule has 180 valence electrons. The van der Waals surface area contributed by atoms with Crippen LogP contribution in [0.15, 0.2) is 48.5 Å². The average molecular weight is 514 g/mol. The van der Waals surface area contributed by atoms with Crippen LogP contribution in [0.2, 0.25) is 10.0 Å². The fraction of sp³-hybridized carbons (Fsp3) is 0.391. The molecular formula is C23H29Cl2N3O4S. The van der Waals surface area contributed by atoms with E-state index in [0.717, 1.165) is 6.26 Å². The molecule has 0 aliphatic rings. The SMILES string of the molecule is CCNC(=O)C(C)N(Cc1c(Cl)cccc1Cl)C(=O)CCCN(c1ccccc1)S(C)(=O)=O. The molecule has 0 radical (unpaired) electrons. The molecule has 2 aromatic rings. The van der Waals surface area contributed by atoms with Crippen LogP contribution in [-0.4, -0.2) is 50.5 Å². The van der Waals surface area contributed by atoms with Gasteiger partial charge in [-0.25, -0.2) is 8.42 Å². The third kappa shape index (κ3) is 7.62. The summed E-state index contributed by atoms with van der Waals surface area (Å²) in [5.74, 6) is -0.595. The van der Waals surface area contributed by atoms with E-state index in [1.165, 1.54) is 9.21 Å². The van der Waals surface area contributed by atoms with E-state index in [0.29, 0.717) is 27.8 Å². The Labute approximate surface area is 205 Å². The normalized spacial score (nSPS) is 12.2. The largest absolute Gasteiger partial charge is 0.355 e. The van der Waals surface area contributed by atoms with Gasteiger partial charge in [0, 0.05) is 41.7 Å². The molecule has 0 aliphatic carbocycles. The van der Waals surface area contributed by atoms with Crippen LogP contribution in [0.1, 0.15) is 32.3 Å². The summed E-state index contributed by atoms with van der Waals surface area (Å²) >= 11 is 12.6. The van der Waals surface area contributed by atoms with E-state index in [1.807, 2.05) is 0 Å². The number of benzene rings is 2. The molecule has 33 heavy (non-hydrogen) atoms. The number of nitrogens with one attached hydrogen (secondary N) is 1. The zero-order chi connectivity index (χ0) is 24.6. The number of anilines is 1. The van der Waals surface area contributed by atoms with Gasteiger partial charge in [-0.3, -0.25) is 13.9 Å². The number of carbonyl (C=O) groups excluding carboxylic acids is 2. The quantitative estimate of drug-likeness (QED) is 0.490. The van der Waals surface area contributed by atoms with Crippen molar-refractivity contribution in [2.75, 3.05) is 23.7 Å². The van der Waals surface area contributed by atoms with E-state index >= 15 is 0 Å². The van der Waals surface area contributed by atoms with Crippen molar-refractivity contribution < 1.29 is 18.0 Å². The maximum absolute atomic E-state index is 13.2. The Hall–Kier alpha value is -2.29. The lowest BCUT2D eigenvalue weighted by Crippen LogP contribution is -2.47. The number of amides is 2. The van der Waals surface area contributed by atoms with Gasteiger partial charge in [0.15, 0.2) is 0 Å². The first-order valence-electron chi connectivity index (χ1n) is 10.6. The summed E-state index contributed by atoms with van der Waals surface area (Å²) in [7, 11) is -3.52. The van der Waals surface area contributed by atoms with E-state index in [1.54, 1.807) is 62.4 Å². The minimum Gasteiger partial charge on any atom is -0.355 e. The summed E-state index contributed by atoms with van der Waals surface area (Å²) in [6.07, 6.45) is 1.45. The van der Waals surface area contributed by atoms with Crippen LogP contribution in [0.25, 0.3) is 0 Å². The molecule has 1 atom stereocenters. The molecule has 0 saturated carbocycles. The Morgan fingerprint density at radius 2 is 1.64 bits per heavy atom. The predicted octanol–water partition coefficient (Wildman–Crippen LogP) is 4.09. The van der Waals surface area contributed by atoms with E-state index in [4.69, 9.17) is 23.2 Å². The van der Waals surface area contributed by atoms with Gasteiger partial charge in [0.25, 0.3) is 0 Å². The Morgan fingerprint density at radius 3 is 2.18 bits per heavy atom. The lowest BCUT2D eigenvalue weighted by atomic mass is 10.1. The number of para-hydroxylation sites is 1. The number of likely N-dealkylation sites (N-methyl/N-ethyl adjacent to an activating group) is 1. The number of nitrogens with zero attached hydrogens (tertiary/aromatic N) is 2. The summed E-state index contributed by atoms with van der Waals surface area (Å²) in [5, 5.41) is 3.52. The van der Waals surface area contributed by atoms with Crippen LogP contribution in [0.5, 0.6) is 0 Å². The van der Waals surface area contributed by atoms with E-state index in [9.17, 15) is 18.0 Å². The van der Waals surface area contributed by atoms with Crippen molar-refractivity contribution in [3.05, 3.63) is 64.1 Å². The molecule has 1 unspecified atom stereocenters. The van der Waals surface area contributed by atoms with Crippen molar-refractivity contribution in [3.8, 4) is 0 Å². The second-order valence-electron chi connectivity index (χ2n) is 7.57. The molecular weight excluding hydrogens is 485 g/mol. The molecule has 2 amide bonds. The monoisotopic (exact) mass is 513 g/mol. The van der Waals surface area contributed by atoms with Gasteiger partial charge in [-0.2, -0.15) is 0 Å². The van der Waals surface area contributed by atoms with E-state index in [-0.39, 0.29) is 37.7 Å². The maximum Gasteiger partial charge on any atom is 0.242 e. The molecule has 0 spiro atoms. The fourth-order valence-corrected chi connectivity index (χ4v) is 4.84. The van der Waals surface area contributed by atoms with E-state index < -0.39 is 16.1 Å². The molecule has 7 nitrogen and oxygen atoms in total. The number of sulfonamides is 1. The third-order valence-corrected chi connectivity index (χ3v) is 7.01. The zero-order valence-corrected chi connectivity index (χ0v) is 21.3. The molecule has 2 aromatic carbocycles. The molecule has 10 heteroatoms. The highest BCUT2D eigenvalue weighted by atomic mass is 35.5. The Bertz CT molecular complexity index is 1040. The number of halogens is 2. The molecule has 1 N–H and O–H groups in total. The van der Waals surface area contributed by atoms with Crippen LogP contribution in [0, 0.1) is 0 Å². The first-order chi connectivity index (χ1) is 15.6. The highest BCUT2D eigenvalue weighted by Crippen LogP contribution is 2.27. The number of hydrogen-bond donors (Lipinski definition) is 1. The number of rotatable bonds is 11. The molecule has 2 rings (SSSR count). The first-order valence-corrected chi connectivity index (χ1v) is 13.2. The minimum absolute atomic E-state index is 0.0463. The van der Waals surface area contributed by atoms with Crippen LogP contribution >= 0.6 is 23.2 Å². The summed E-state index contributed by atoms with van der Waals surface area (Å²) in [5.41, 5.74) is 1.08. The fourth-order valence-electron chi connectivity index (χ4n) is 3.36.